The Morgan fingerprint density at radius 2 is 1.65 bits per heavy atom. The van der Waals surface area contributed by atoms with Gasteiger partial charge in [0.1, 0.15) is 18.1 Å². The van der Waals surface area contributed by atoms with Crippen molar-refractivity contribution in [1.29, 1.82) is 0 Å². The summed E-state index contributed by atoms with van der Waals surface area (Å²) in [7, 11) is 3.32. The van der Waals surface area contributed by atoms with E-state index in [0.717, 1.165) is 46.5 Å². The minimum atomic E-state index is -1.26. The zero-order valence-electron chi connectivity index (χ0n) is 21.1. The molecule has 37 heavy (non-hydrogen) atoms. The van der Waals surface area contributed by atoms with Crippen LogP contribution in [0.15, 0.2) is 60.7 Å². The van der Waals surface area contributed by atoms with Crippen LogP contribution in [-0.2, 0) is 16.2 Å². The summed E-state index contributed by atoms with van der Waals surface area (Å²) >= 11 is 0. The van der Waals surface area contributed by atoms with Gasteiger partial charge in [0.05, 0.1) is 25.4 Å². The van der Waals surface area contributed by atoms with E-state index in [9.17, 15) is 9.59 Å². The first-order valence-electron chi connectivity index (χ1n) is 11.6. The van der Waals surface area contributed by atoms with E-state index < -0.39 is 11.9 Å². The summed E-state index contributed by atoms with van der Waals surface area (Å²) in [6.07, 6.45) is 3.08. The van der Waals surface area contributed by atoms with Gasteiger partial charge in [-0.05, 0) is 56.1 Å². The second-order valence-electron chi connectivity index (χ2n) is 8.02. The average Bonchev–Trinajstić information content (AvgIpc) is 2.90. The summed E-state index contributed by atoms with van der Waals surface area (Å²) in [6, 6.07) is 15.9. The number of hydrogen-bond donors (Lipinski definition) is 4. The Balaban J connectivity index is 0.000000521. The van der Waals surface area contributed by atoms with Gasteiger partial charge < -0.3 is 35.5 Å². The topological polar surface area (TPSA) is 153 Å². The smallest absolute Gasteiger partial charge is 0.328 e. The molecule has 1 atom stereocenters. The lowest BCUT2D eigenvalue weighted by molar-refractivity contribution is -0.134. The van der Waals surface area contributed by atoms with Crippen LogP contribution in [-0.4, -0.2) is 53.9 Å². The number of ether oxygens (including phenoxy) is 3. The van der Waals surface area contributed by atoms with Crippen LogP contribution in [0.3, 0.4) is 0 Å². The van der Waals surface area contributed by atoms with E-state index >= 15 is 0 Å². The summed E-state index contributed by atoms with van der Waals surface area (Å²) < 4.78 is 16.6. The monoisotopic (exact) mass is 511 g/mol. The average molecular weight is 512 g/mol. The number of aliphatic carboxylic acids is 2. The molecule has 0 aliphatic heterocycles. The van der Waals surface area contributed by atoms with Gasteiger partial charge in [-0.25, -0.2) is 14.6 Å². The Morgan fingerprint density at radius 1 is 1.00 bits per heavy atom. The zero-order valence-corrected chi connectivity index (χ0v) is 21.1. The highest BCUT2D eigenvalue weighted by Gasteiger charge is 2.11. The number of carbonyl (C=O) groups is 2. The highest BCUT2D eigenvalue weighted by atomic mass is 16.5. The summed E-state index contributed by atoms with van der Waals surface area (Å²) in [5.74, 6) is -0.318. The van der Waals surface area contributed by atoms with E-state index in [1.807, 2.05) is 48.5 Å². The van der Waals surface area contributed by atoms with Crippen LogP contribution >= 0.6 is 0 Å². The first kappa shape index (κ1) is 28.9. The number of hydrogen-bond acceptors (Lipinski definition) is 8. The summed E-state index contributed by atoms with van der Waals surface area (Å²) in [5, 5.41) is 20.2. The third-order valence-corrected chi connectivity index (χ3v) is 5.13. The predicted octanol–water partition coefficient (Wildman–Crippen LogP) is 4.08. The van der Waals surface area contributed by atoms with Crippen molar-refractivity contribution in [3.63, 3.8) is 0 Å². The summed E-state index contributed by atoms with van der Waals surface area (Å²) in [6.45, 7) is 3.27. The standard InChI is InChI=1S/C23H29N3O3.C4H4O4/c1-16(5-4-12-24)25-21-14-20(28-3)13-18-8-11-22(26-23(18)21)29-15-17-6-9-19(27-2)10-7-17;5-3(6)1-2-4(7)8/h6-11,13-14,16,25H,4-5,12,15,24H2,1-3H3;1-2H,(H,5,6)(H,7,8)/b;2-1-. The molecule has 3 aromatic rings. The zero-order chi connectivity index (χ0) is 27.2. The molecular weight excluding hydrogens is 478 g/mol. The van der Waals surface area contributed by atoms with Crippen LogP contribution in [0.25, 0.3) is 10.9 Å². The molecule has 10 heteroatoms. The normalized spacial score (nSPS) is 11.4. The van der Waals surface area contributed by atoms with E-state index in [1.54, 1.807) is 14.2 Å². The van der Waals surface area contributed by atoms with E-state index in [1.165, 1.54) is 0 Å². The molecule has 0 saturated heterocycles. The van der Waals surface area contributed by atoms with Crippen LogP contribution < -0.4 is 25.3 Å². The second kappa shape index (κ2) is 14.9. The van der Waals surface area contributed by atoms with Gasteiger partial charge in [0, 0.05) is 35.7 Å². The molecule has 0 radical (unpaired) electrons. The maximum atomic E-state index is 9.55. The molecule has 198 valence electrons. The van der Waals surface area contributed by atoms with E-state index in [-0.39, 0.29) is 6.04 Å². The van der Waals surface area contributed by atoms with Gasteiger partial charge in [0.15, 0.2) is 0 Å². The lowest BCUT2D eigenvalue weighted by Gasteiger charge is -2.17. The molecule has 1 aromatic heterocycles. The van der Waals surface area contributed by atoms with Crippen LogP contribution in [0.5, 0.6) is 17.4 Å². The lowest BCUT2D eigenvalue weighted by atomic mass is 10.1. The molecule has 3 rings (SSSR count). The maximum Gasteiger partial charge on any atom is 0.328 e. The number of fused-ring (bicyclic) bond motifs is 1. The van der Waals surface area contributed by atoms with Gasteiger partial charge in [-0.3, -0.25) is 0 Å². The summed E-state index contributed by atoms with van der Waals surface area (Å²) in [5.41, 5.74) is 8.48. The van der Waals surface area contributed by atoms with Gasteiger partial charge in [-0.15, -0.1) is 0 Å². The second-order valence-corrected chi connectivity index (χ2v) is 8.02. The van der Waals surface area contributed by atoms with Crippen molar-refractivity contribution < 1.29 is 34.0 Å². The molecule has 0 amide bonds. The van der Waals surface area contributed by atoms with Crippen LogP contribution in [0.1, 0.15) is 25.3 Å². The van der Waals surface area contributed by atoms with Crippen LogP contribution in [0, 0.1) is 0 Å². The van der Waals surface area contributed by atoms with Gasteiger partial charge in [-0.2, -0.15) is 0 Å². The number of benzene rings is 2. The Hall–Kier alpha value is -4.31. The first-order valence-corrected chi connectivity index (χ1v) is 11.6. The van der Waals surface area contributed by atoms with Crippen molar-refractivity contribution >= 4 is 28.5 Å². The molecule has 0 aliphatic rings. The Morgan fingerprint density at radius 3 is 2.22 bits per heavy atom. The van der Waals surface area contributed by atoms with Crippen molar-refractivity contribution in [2.24, 2.45) is 5.73 Å². The number of aromatic nitrogens is 1. The van der Waals surface area contributed by atoms with E-state index in [2.05, 4.69) is 12.2 Å². The third kappa shape index (κ3) is 10.1. The molecule has 10 nitrogen and oxygen atoms in total. The fraction of sp³-hybridized carbons (Fsp3) is 0.296. The number of pyridine rings is 1. The van der Waals surface area contributed by atoms with Crippen molar-refractivity contribution in [1.82, 2.24) is 4.98 Å². The highest BCUT2D eigenvalue weighted by Crippen LogP contribution is 2.30. The molecule has 0 spiro atoms. The van der Waals surface area contributed by atoms with E-state index in [0.29, 0.717) is 31.2 Å². The molecule has 2 aromatic carbocycles. The van der Waals surface area contributed by atoms with Gasteiger partial charge >= 0.3 is 11.9 Å². The third-order valence-electron chi connectivity index (χ3n) is 5.13. The Kier molecular flexibility index (Phi) is 11.7. The quantitative estimate of drug-likeness (QED) is 0.262. The molecule has 0 aliphatic carbocycles. The highest BCUT2D eigenvalue weighted by molar-refractivity contribution is 5.92. The number of carboxylic acid groups (broad SMARTS) is 2. The fourth-order valence-electron chi connectivity index (χ4n) is 3.28. The van der Waals surface area contributed by atoms with Gasteiger partial charge in [0.25, 0.3) is 0 Å². The molecule has 1 unspecified atom stereocenters. The van der Waals surface area contributed by atoms with Crippen LogP contribution in [0.4, 0.5) is 5.69 Å². The number of nitrogens with one attached hydrogen (secondary N) is 1. The minimum Gasteiger partial charge on any atom is -0.497 e. The van der Waals surface area contributed by atoms with Crippen molar-refractivity contribution in [2.75, 3.05) is 26.1 Å². The Labute approximate surface area is 215 Å². The SMILES string of the molecule is COc1ccc(COc2ccc3cc(OC)cc(NC(C)CCCN)c3n2)cc1.O=C(O)/C=C\C(=O)O. The van der Waals surface area contributed by atoms with Crippen molar-refractivity contribution in [2.45, 2.75) is 32.4 Å². The number of methoxy groups -OCH3 is 2. The largest absolute Gasteiger partial charge is 0.497 e. The number of nitrogens with zero attached hydrogens (tertiary/aromatic N) is 1. The van der Waals surface area contributed by atoms with Gasteiger partial charge in [0.2, 0.25) is 5.88 Å². The molecular formula is C27H33N3O7. The first-order chi connectivity index (χ1) is 17.7. The lowest BCUT2D eigenvalue weighted by Crippen LogP contribution is -2.17. The molecule has 1 heterocycles. The minimum absolute atomic E-state index is 0.277. The number of rotatable bonds is 12. The Bertz CT molecular complexity index is 1180. The number of nitrogens with two attached hydrogens (primary N) is 1. The number of anilines is 1. The van der Waals surface area contributed by atoms with Crippen LogP contribution in [0.2, 0.25) is 0 Å². The maximum absolute atomic E-state index is 9.55. The van der Waals surface area contributed by atoms with E-state index in [4.69, 9.17) is 35.1 Å². The molecule has 0 fully saturated rings. The molecule has 5 N–H and O–H groups in total. The molecule has 0 saturated carbocycles. The van der Waals surface area contributed by atoms with Gasteiger partial charge in [-0.1, -0.05) is 12.1 Å². The predicted molar refractivity (Wildman–Crippen MR) is 141 cm³/mol. The number of carboxylic acids is 2. The van der Waals surface area contributed by atoms with Crippen molar-refractivity contribution in [3.05, 3.63) is 66.2 Å². The summed E-state index contributed by atoms with van der Waals surface area (Å²) in [4.78, 5) is 23.9. The van der Waals surface area contributed by atoms with Crippen molar-refractivity contribution in [3.8, 4) is 17.4 Å². The fourth-order valence-corrected chi connectivity index (χ4v) is 3.28. The molecule has 0 bridgehead atoms.